The molecule has 0 spiro atoms. The van der Waals surface area contributed by atoms with E-state index in [1.54, 1.807) is 0 Å². The molecule has 2 heteroatoms. The Balaban J connectivity index is 1.63. The summed E-state index contributed by atoms with van der Waals surface area (Å²) in [6, 6.07) is 23.4. The Morgan fingerprint density at radius 2 is 1.58 bits per heavy atom. The lowest BCUT2D eigenvalue weighted by atomic mass is 9.90. The van der Waals surface area contributed by atoms with Crippen molar-refractivity contribution in [2.24, 2.45) is 4.99 Å². The first-order valence-corrected chi connectivity index (χ1v) is 9.09. The van der Waals surface area contributed by atoms with Gasteiger partial charge in [0, 0.05) is 22.3 Å². The molecule has 1 aliphatic carbocycles. The van der Waals surface area contributed by atoms with Crippen LogP contribution < -0.4 is 10.6 Å². The Kier molecular flexibility index (Phi) is 2.88. The molecule has 0 bridgehead atoms. The normalized spacial score (nSPS) is 24.1. The maximum atomic E-state index is 6.02. The van der Waals surface area contributed by atoms with E-state index in [4.69, 9.17) is 9.73 Å². The summed E-state index contributed by atoms with van der Waals surface area (Å²) >= 11 is 0. The van der Waals surface area contributed by atoms with Crippen molar-refractivity contribution >= 4 is 17.8 Å². The lowest BCUT2D eigenvalue weighted by Crippen LogP contribution is -2.32. The molecule has 3 atom stereocenters. The van der Waals surface area contributed by atoms with E-state index in [2.05, 4.69) is 85.0 Å². The molecule has 3 aromatic carbocycles. The zero-order chi connectivity index (χ0) is 17.1. The number of allylic oxidation sites excluding steroid dienone is 1. The number of nitrogens with zero attached hydrogens (tertiary/aromatic N) is 1. The molecule has 2 heterocycles. The van der Waals surface area contributed by atoms with Crippen LogP contribution in [0.1, 0.15) is 40.4 Å². The summed E-state index contributed by atoms with van der Waals surface area (Å²) in [6.45, 7) is 0. The Labute approximate surface area is 151 Å². The van der Waals surface area contributed by atoms with Crippen LogP contribution in [0.15, 0.2) is 77.8 Å². The van der Waals surface area contributed by atoms with E-state index in [0.29, 0.717) is 0 Å². The number of benzene rings is 3. The molecule has 3 unspecified atom stereocenters. The second-order valence-electron chi connectivity index (χ2n) is 7.12. The second kappa shape index (κ2) is 5.26. The molecular weight excluding hydrogens is 318 g/mol. The molecule has 0 aromatic heterocycles. The van der Waals surface area contributed by atoms with E-state index in [-0.39, 0.29) is 18.1 Å². The van der Waals surface area contributed by atoms with E-state index in [0.717, 1.165) is 11.0 Å². The molecular formula is C24H17NO. The highest BCUT2D eigenvalue weighted by atomic mass is 16.6. The van der Waals surface area contributed by atoms with Crippen molar-refractivity contribution in [3.8, 4) is 0 Å². The van der Waals surface area contributed by atoms with Gasteiger partial charge < -0.3 is 4.74 Å². The molecule has 2 nitrogen and oxygen atoms in total. The summed E-state index contributed by atoms with van der Waals surface area (Å²) in [5.41, 5.74) is 5.99. The molecule has 2 aliphatic heterocycles. The highest BCUT2D eigenvalue weighted by Crippen LogP contribution is 2.53. The van der Waals surface area contributed by atoms with E-state index in [1.165, 1.54) is 27.5 Å². The van der Waals surface area contributed by atoms with Crippen molar-refractivity contribution in [1.29, 1.82) is 0 Å². The standard InChI is InChI=1S/C24H17NO/c1-2-6-15(7-3-1)17-11-10-16-12-13-19-22(20(16)14-17)25-21-9-5-4-8-18(21)23-24(19)26-23/h1-14,17,23-24H. The van der Waals surface area contributed by atoms with Crippen molar-refractivity contribution in [1.82, 2.24) is 0 Å². The van der Waals surface area contributed by atoms with Gasteiger partial charge in [0.1, 0.15) is 12.2 Å². The summed E-state index contributed by atoms with van der Waals surface area (Å²) in [5, 5.41) is 2.30. The highest BCUT2D eigenvalue weighted by molar-refractivity contribution is 5.64. The molecule has 26 heavy (non-hydrogen) atoms. The first-order valence-electron chi connectivity index (χ1n) is 9.09. The van der Waals surface area contributed by atoms with Crippen molar-refractivity contribution in [3.63, 3.8) is 0 Å². The molecule has 3 aliphatic rings. The SMILES string of the molecule is C1=CC(c2ccccc2)C=c2c1ccc1c2=Nc2ccccc2C2OC12. The van der Waals surface area contributed by atoms with Crippen LogP contribution in [-0.4, -0.2) is 0 Å². The summed E-state index contributed by atoms with van der Waals surface area (Å²) in [5.74, 6) is 0.278. The minimum atomic E-state index is 0.136. The van der Waals surface area contributed by atoms with E-state index in [9.17, 15) is 0 Å². The van der Waals surface area contributed by atoms with Gasteiger partial charge in [-0.15, -0.1) is 0 Å². The third-order valence-corrected chi connectivity index (χ3v) is 5.57. The van der Waals surface area contributed by atoms with Gasteiger partial charge in [0.15, 0.2) is 0 Å². The lowest BCUT2D eigenvalue weighted by molar-refractivity contribution is 0.376. The summed E-state index contributed by atoms with van der Waals surface area (Å²) < 4.78 is 6.02. The fourth-order valence-electron chi connectivity index (χ4n) is 4.18. The van der Waals surface area contributed by atoms with Gasteiger partial charge in [-0.1, -0.05) is 78.9 Å². The van der Waals surface area contributed by atoms with E-state index < -0.39 is 0 Å². The smallest absolute Gasteiger partial charge is 0.116 e. The summed E-state index contributed by atoms with van der Waals surface area (Å²) in [6.07, 6.45) is 7.13. The van der Waals surface area contributed by atoms with Gasteiger partial charge in [-0.2, -0.15) is 0 Å². The first kappa shape index (κ1) is 14.2. The fraction of sp³-hybridized carbons (Fsp3) is 0.125. The maximum absolute atomic E-state index is 6.02. The topological polar surface area (TPSA) is 24.9 Å². The fourth-order valence-corrected chi connectivity index (χ4v) is 4.18. The molecule has 1 fully saturated rings. The van der Waals surface area contributed by atoms with Gasteiger partial charge in [0.05, 0.1) is 11.0 Å². The highest BCUT2D eigenvalue weighted by Gasteiger charge is 2.45. The third kappa shape index (κ3) is 2.06. The van der Waals surface area contributed by atoms with Gasteiger partial charge in [-0.05, 0) is 17.2 Å². The lowest BCUT2D eigenvalue weighted by Gasteiger charge is -2.14. The Hall–Kier alpha value is -2.97. The number of ether oxygens (including phenoxy) is 1. The van der Waals surface area contributed by atoms with Crippen LogP contribution in [-0.2, 0) is 4.74 Å². The van der Waals surface area contributed by atoms with Crippen LogP contribution in [0, 0.1) is 0 Å². The van der Waals surface area contributed by atoms with Gasteiger partial charge in [0.25, 0.3) is 0 Å². The van der Waals surface area contributed by atoms with Crippen LogP contribution in [0.2, 0.25) is 0 Å². The molecule has 0 amide bonds. The number of hydrogen-bond acceptors (Lipinski definition) is 2. The van der Waals surface area contributed by atoms with E-state index in [1.807, 2.05) is 0 Å². The molecule has 0 N–H and O–H groups in total. The molecule has 0 saturated carbocycles. The van der Waals surface area contributed by atoms with Crippen molar-refractivity contribution in [2.45, 2.75) is 18.1 Å². The molecule has 124 valence electrons. The average molecular weight is 335 g/mol. The van der Waals surface area contributed by atoms with Crippen LogP contribution in [0.5, 0.6) is 0 Å². The zero-order valence-corrected chi connectivity index (χ0v) is 14.2. The molecule has 0 radical (unpaired) electrons. The van der Waals surface area contributed by atoms with Crippen LogP contribution in [0.4, 0.5) is 5.69 Å². The predicted molar refractivity (Wildman–Crippen MR) is 103 cm³/mol. The number of para-hydroxylation sites is 1. The van der Waals surface area contributed by atoms with Crippen molar-refractivity contribution in [3.05, 3.63) is 106 Å². The van der Waals surface area contributed by atoms with Gasteiger partial charge in [0.2, 0.25) is 0 Å². The third-order valence-electron chi connectivity index (χ3n) is 5.57. The minimum absolute atomic E-state index is 0.136. The molecule has 3 aromatic rings. The number of hydrogen-bond donors (Lipinski definition) is 0. The first-order chi connectivity index (χ1) is 12.9. The number of rotatable bonds is 1. The molecule has 1 saturated heterocycles. The number of epoxide rings is 1. The number of fused-ring (bicyclic) bond motifs is 7. The van der Waals surface area contributed by atoms with Crippen LogP contribution in [0.25, 0.3) is 12.2 Å². The Bertz CT molecular complexity index is 1180. The van der Waals surface area contributed by atoms with E-state index >= 15 is 0 Å². The predicted octanol–water partition coefficient (Wildman–Crippen LogP) is 4.36. The monoisotopic (exact) mass is 335 g/mol. The zero-order valence-electron chi connectivity index (χ0n) is 14.2. The maximum Gasteiger partial charge on any atom is 0.116 e. The van der Waals surface area contributed by atoms with Gasteiger partial charge in [-0.3, -0.25) is 0 Å². The van der Waals surface area contributed by atoms with Gasteiger partial charge in [-0.25, -0.2) is 4.99 Å². The average Bonchev–Trinajstić information content (AvgIpc) is 3.50. The Morgan fingerprint density at radius 1 is 0.769 bits per heavy atom. The Morgan fingerprint density at radius 3 is 2.50 bits per heavy atom. The van der Waals surface area contributed by atoms with Crippen LogP contribution >= 0.6 is 0 Å². The minimum Gasteiger partial charge on any atom is -0.359 e. The second-order valence-corrected chi connectivity index (χ2v) is 7.12. The van der Waals surface area contributed by atoms with Crippen LogP contribution in [0.3, 0.4) is 0 Å². The summed E-state index contributed by atoms with van der Waals surface area (Å²) in [7, 11) is 0. The van der Waals surface area contributed by atoms with Crippen molar-refractivity contribution in [2.75, 3.05) is 0 Å². The summed E-state index contributed by atoms with van der Waals surface area (Å²) in [4.78, 5) is 5.08. The quantitative estimate of drug-likeness (QED) is 0.607. The van der Waals surface area contributed by atoms with Gasteiger partial charge >= 0.3 is 0 Å². The molecule has 6 rings (SSSR count). The largest absolute Gasteiger partial charge is 0.359 e. The van der Waals surface area contributed by atoms with Crippen molar-refractivity contribution < 1.29 is 4.74 Å².